The maximum absolute atomic E-state index is 4.18. The molecule has 0 fully saturated rings. The van der Waals surface area contributed by atoms with Crippen LogP contribution in [0.1, 0.15) is 25.0 Å². The van der Waals surface area contributed by atoms with E-state index in [1.165, 1.54) is 27.9 Å². The summed E-state index contributed by atoms with van der Waals surface area (Å²) in [4.78, 5) is 4.18. The van der Waals surface area contributed by atoms with Gasteiger partial charge in [0.1, 0.15) is 0 Å². The Morgan fingerprint density at radius 1 is 0.950 bits per heavy atom. The third-order valence-corrected chi connectivity index (χ3v) is 4.34. The van der Waals surface area contributed by atoms with E-state index in [4.69, 9.17) is 0 Å². The van der Waals surface area contributed by atoms with Gasteiger partial charge in [0.2, 0.25) is 0 Å². The summed E-state index contributed by atoms with van der Waals surface area (Å²) in [6, 6.07) is 15.2. The number of imidazole rings is 1. The van der Waals surface area contributed by atoms with Crippen molar-refractivity contribution in [3.63, 3.8) is 0 Å². The zero-order valence-corrected chi connectivity index (χ0v) is 11.7. The number of hydrogen-bond acceptors (Lipinski definition) is 1. The predicted molar refractivity (Wildman–Crippen MR) is 81.1 cm³/mol. The third-order valence-electron chi connectivity index (χ3n) is 4.34. The first-order chi connectivity index (χ1) is 9.69. The zero-order valence-electron chi connectivity index (χ0n) is 11.7. The Morgan fingerprint density at radius 3 is 2.55 bits per heavy atom. The maximum atomic E-state index is 4.18. The lowest BCUT2D eigenvalue weighted by molar-refractivity contribution is 0.655. The van der Waals surface area contributed by atoms with Crippen LogP contribution < -0.4 is 0 Å². The Labute approximate surface area is 118 Å². The minimum atomic E-state index is 0.0206. The van der Waals surface area contributed by atoms with Crippen LogP contribution >= 0.6 is 0 Å². The molecule has 1 aliphatic rings. The highest BCUT2D eigenvalue weighted by molar-refractivity contribution is 5.83. The molecule has 0 atom stereocenters. The lowest BCUT2D eigenvalue weighted by atomic mass is 9.81. The summed E-state index contributed by atoms with van der Waals surface area (Å²) in [6.45, 7) is 4.61. The summed E-state index contributed by atoms with van der Waals surface area (Å²) in [5.41, 5.74) is 6.74. The molecule has 98 valence electrons. The van der Waals surface area contributed by atoms with E-state index in [1.807, 2.05) is 18.7 Å². The second-order valence-electron chi connectivity index (χ2n) is 5.84. The van der Waals surface area contributed by atoms with Gasteiger partial charge in [-0.1, -0.05) is 50.2 Å². The first-order valence-corrected chi connectivity index (χ1v) is 6.91. The molecule has 0 radical (unpaired) electrons. The van der Waals surface area contributed by atoms with Crippen molar-refractivity contribution >= 4 is 0 Å². The van der Waals surface area contributed by atoms with Gasteiger partial charge >= 0.3 is 0 Å². The fourth-order valence-electron chi connectivity index (χ4n) is 3.44. The molecule has 1 aliphatic carbocycles. The molecule has 0 amide bonds. The van der Waals surface area contributed by atoms with Crippen LogP contribution in [-0.2, 0) is 5.41 Å². The normalized spacial score (nSPS) is 14.9. The van der Waals surface area contributed by atoms with Crippen LogP contribution in [0.2, 0.25) is 0 Å². The second kappa shape index (κ2) is 3.83. The summed E-state index contributed by atoms with van der Waals surface area (Å²) in [7, 11) is 0. The van der Waals surface area contributed by atoms with Crippen LogP contribution in [-0.4, -0.2) is 9.55 Å². The molecule has 1 aromatic heterocycles. The molecule has 0 aliphatic heterocycles. The SMILES string of the molecule is CC1(C)c2ccccc2-c2cccc(-n3ccnc3)c21. The average molecular weight is 260 g/mol. The Balaban J connectivity index is 2.08. The summed E-state index contributed by atoms with van der Waals surface area (Å²) in [5, 5.41) is 0. The smallest absolute Gasteiger partial charge is 0.0991 e. The largest absolute Gasteiger partial charge is 0.306 e. The van der Waals surface area contributed by atoms with Crippen molar-refractivity contribution in [2.24, 2.45) is 0 Å². The van der Waals surface area contributed by atoms with Crippen LogP contribution in [0, 0.1) is 0 Å². The van der Waals surface area contributed by atoms with Crippen LogP contribution in [0.25, 0.3) is 16.8 Å². The van der Waals surface area contributed by atoms with E-state index < -0.39 is 0 Å². The summed E-state index contributed by atoms with van der Waals surface area (Å²) in [6.07, 6.45) is 5.71. The van der Waals surface area contributed by atoms with Gasteiger partial charge in [0.25, 0.3) is 0 Å². The van der Waals surface area contributed by atoms with Crippen molar-refractivity contribution in [2.45, 2.75) is 19.3 Å². The van der Waals surface area contributed by atoms with E-state index in [9.17, 15) is 0 Å². The average Bonchev–Trinajstić information content (AvgIpc) is 3.07. The highest BCUT2D eigenvalue weighted by Gasteiger charge is 2.37. The molecular formula is C18H16N2. The number of fused-ring (bicyclic) bond motifs is 3. The molecule has 0 saturated carbocycles. The molecule has 1 heterocycles. The molecule has 0 bridgehead atoms. The maximum Gasteiger partial charge on any atom is 0.0991 e. The van der Waals surface area contributed by atoms with E-state index >= 15 is 0 Å². The standard InChI is InChI=1S/C18H16N2/c1-18(2)15-8-4-3-6-13(15)14-7-5-9-16(17(14)18)20-11-10-19-12-20/h3-12H,1-2H3. The lowest BCUT2D eigenvalue weighted by Crippen LogP contribution is -2.17. The Hall–Kier alpha value is -2.35. The minimum absolute atomic E-state index is 0.0206. The Bertz CT molecular complexity index is 783. The van der Waals surface area contributed by atoms with Gasteiger partial charge in [-0.15, -0.1) is 0 Å². The van der Waals surface area contributed by atoms with Crippen molar-refractivity contribution in [2.75, 3.05) is 0 Å². The molecule has 2 heteroatoms. The van der Waals surface area contributed by atoms with Crippen molar-refractivity contribution in [1.29, 1.82) is 0 Å². The third kappa shape index (κ3) is 1.36. The summed E-state index contributed by atoms with van der Waals surface area (Å²) in [5.74, 6) is 0. The van der Waals surface area contributed by atoms with E-state index in [-0.39, 0.29) is 5.41 Å². The van der Waals surface area contributed by atoms with Gasteiger partial charge in [0.05, 0.1) is 12.0 Å². The van der Waals surface area contributed by atoms with Crippen LogP contribution in [0.15, 0.2) is 61.2 Å². The first kappa shape index (κ1) is 11.5. The number of hydrogen-bond donors (Lipinski definition) is 0. The first-order valence-electron chi connectivity index (χ1n) is 6.91. The van der Waals surface area contributed by atoms with Gasteiger partial charge in [0.15, 0.2) is 0 Å². The van der Waals surface area contributed by atoms with Crippen molar-refractivity contribution in [3.05, 3.63) is 72.3 Å². The van der Waals surface area contributed by atoms with Gasteiger partial charge in [-0.05, 0) is 28.3 Å². The molecule has 0 unspecified atom stereocenters. The van der Waals surface area contributed by atoms with Crippen LogP contribution in [0.3, 0.4) is 0 Å². The fourth-order valence-corrected chi connectivity index (χ4v) is 3.44. The van der Waals surface area contributed by atoms with Crippen molar-refractivity contribution < 1.29 is 0 Å². The van der Waals surface area contributed by atoms with Gasteiger partial charge in [-0.3, -0.25) is 0 Å². The number of benzene rings is 2. The van der Waals surface area contributed by atoms with Gasteiger partial charge in [-0.25, -0.2) is 4.98 Å². The van der Waals surface area contributed by atoms with Gasteiger partial charge in [-0.2, -0.15) is 0 Å². The molecular weight excluding hydrogens is 244 g/mol. The fraction of sp³-hybridized carbons (Fsp3) is 0.167. The van der Waals surface area contributed by atoms with Crippen molar-refractivity contribution in [1.82, 2.24) is 9.55 Å². The number of rotatable bonds is 1. The molecule has 0 saturated heterocycles. The van der Waals surface area contributed by atoms with E-state index in [0.717, 1.165) is 0 Å². The van der Waals surface area contributed by atoms with Crippen LogP contribution in [0.4, 0.5) is 0 Å². The monoisotopic (exact) mass is 260 g/mol. The topological polar surface area (TPSA) is 17.8 Å². The second-order valence-corrected chi connectivity index (χ2v) is 5.84. The quantitative estimate of drug-likeness (QED) is 0.642. The molecule has 3 aromatic rings. The van der Waals surface area contributed by atoms with Gasteiger partial charge in [0, 0.05) is 17.8 Å². The van der Waals surface area contributed by atoms with Crippen LogP contribution in [0.5, 0.6) is 0 Å². The van der Waals surface area contributed by atoms with E-state index in [0.29, 0.717) is 0 Å². The highest BCUT2D eigenvalue weighted by atomic mass is 15.0. The lowest BCUT2D eigenvalue weighted by Gasteiger charge is -2.24. The van der Waals surface area contributed by atoms with E-state index in [1.54, 1.807) is 0 Å². The minimum Gasteiger partial charge on any atom is -0.306 e. The number of nitrogens with zero attached hydrogens (tertiary/aromatic N) is 2. The highest BCUT2D eigenvalue weighted by Crippen LogP contribution is 2.50. The van der Waals surface area contributed by atoms with E-state index in [2.05, 4.69) is 65.9 Å². The van der Waals surface area contributed by atoms with Gasteiger partial charge < -0.3 is 4.57 Å². The summed E-state index contributed by atoms with van der Waals surface area (Å²) >= 11 is 0. The predicted octanol–water partition coefficient (Wildman–Crippen LogP) is 4.18. The molecule has 2 aromatic carbocycles. The van der Waals surface area contributed by atoms with Crippen molar-refractivity contribution in [3.8, 4) is 16.8 Å². The molecule has 20 heavy (non-hydrogen) atoms. The Morgan fingerprint density at radius 2 is 1.75 bits per heavy atom. The molecule has 0 spiro atoms. The molecule has 0 N–H and O–H groups in total. The Kier molecular flexibility index (Phi) is 2.19. The molecule has 4 rings (SSSR count). The molecule has 2 nitrogen and oxygen atoms in total. The summed E-state index contributed by atoms with van der Waals surface area (Å²) < 4.78 is 2.10. The zero-order chi connectivity index (χ0) is 13.7. The number of aromatic nitrogens is 2.